The van der Waals surface area contributed by atoms with Crippen molar-refractivity contribution in [3.05, 3.63) is 12.7 Å². The number of esters is 2. The minimum Gasteiger partial charge on any atom is -0.447 e. The minimum atomic E-state index is -0.996. The van der Waals surface area contributed by atoms with E-state index in [1.165, 1.54) is 6.92 Å². The highest BCUT2D eigenvalue weighted by atomic mass is 16.7. The van der Waals surface area contributed by atoms with Gasteiger partial charge in [0.25, 0.3) is 0 Å². The van der Waals surface area contributed by atoms with Crippen molar-refractivity contribution in [1.29, 1.82) is 0 Å². The van der Waals surface area contributed by atoms with E-state index in [2.05, 4.69) is 6.58 Å². The molecule has 1 aliphatic rings. The van der Waals surface area contributed by atoms with Gasteiger partial charge in [-0.2, -0.15) is 0 Å². The molecule has 0 aromatic heterocycles. The Labute approximate surface area is 106 Å². The van der Waals surface area contributed by atoms with Gasteiger partial charge in [0.15, 0.2) is 6.10 Å². The predicted molar refractivity (Wildman–Crippen MR) is 61.6 cm³/mol. The Balaban J connectivity index is 2.36. The molecule has 18 heavy (non-hydrogen) atoms. The van der Waals surface area contributed by atoms with Gasteiger partial charge in [-0.25, -0.2) is 9.59 Å². The average molecular weight is 258 g/mol. The van der Waals surface area contributed by atoms with E-state index in [4.69, 9.17) is 18.9 Å². The first-order chi connectivity index (χ1) is 8.63. The van der Waals surface area contributed by atoms with Crippen LogP contribution in [0.15, 0.2) is 12.7 Å². The van der Waals surface area contributed by atoms with Gasteiger partial charge in [0.05, 0.1) is 6.61 Å². The normalized spacial score (nSPS) is 22.2. The van der Waals surface area contributed by atoms with Crippen LogP contribution in [-0.2, 0) is 28.5 Å². The van der Waals surface area contributed by atoms with Gasteiger partial charge in [-0.1, -0.05) is 6.58 Å². The van der Waals surface area contributed by atoms with Gasteiger partial charge in [-0.15, -0.1) is 0 Å². The maximum atomic E-state index is 11.6. The van der Waals surface area contributed by atoms with Crippen molar-refractivity contribution in [3.8, 4) is 0 Å². The topological polar surface area (TPSA) is 71.1 Å². The molecular formula is C12H18O6. The summed E-state index contributed by atoms with van der Waals surface area (Å²) in [4.78, 5) is 22.5. The fourth-order valence-corrected chi connectivity index (χ4v) is 1.31. The number of hydrogen-bond donors (Lipinski definition) is 0. The largest absolute Gasteiger partial charge is 0.447 e. The first kappa shape index (κ1) is 14.7. The van der Waals surface area contributed by atoms with Crippen LogP contribution in [0.1, 0.15) is 19.8 Å². The quantitative estimate of drug-likeness (QED) is 0.548. The van der Waals surface area contributed by atoms with Gasteiger partial charge in [0.1, 0.15) is 6.61 Å². The first-order valence-corrected chi connectivity index (χ1v) is 5.86. The lowest BCUT2D eigenvalue weighted by Crippen LogP contribution is -2.34. The van der Waals surface area contributed by atoms with Crippen LogP contribution in [0.4, 0.5) is 0 Å². The van der Waals surface area contributed by atoms with Crippen LogP contribution in [0.2, 0.25) is 0 Å². The lowest BCUT2D eigenvalue weighted by molar-refractivity contribution is -0.204. The molecule has 0 radical (unpaired) electrons. The Morgan fingerprint density at radius 2 is 2.11 bits per heavy atom. The monoisotopic (exact) mass is 258 g/mol. The summed E-state index contributed by atoms with van der Waals surface area (Å²) in [6.07, 6.45) is 1.02. The van der Waals surface area contributed by atoms with Gasteiger partial charge < -0.3 is 18.9 Å². The fraction of sp³-hybridized carbons (Fsp3) is 0.667. The highest BCUT2D eigenvalue weighted by molar-refractivity contribution is 5.84. The van der Waals surface area contributed by atoms with E-state index in [-0.39, 0.29) is 6.61 Å². The van der Waals surface area contributed by atoms with Gasteiger partial charge >= 0.3 is 11.9 Å². The maximum Gasteiger partial charge on any atom is 0.349 e. The van der Waals surface area contributed by atoms with Crippen LogP contribution in [0.3, 0.4) is 0 Å². The van der Waals surface area contributed by atoms with E-state index in [1.54, 1.807) is 0 Å². The molecule has 0 aromatic carbocycles. The summed E-state index contributed by atoms with van der Waals surface area (Å²) < 4.78 is 20.3. The molecule has 6 heteroatoms. The molecule has 0 amide bonds. The SMILES string of the molecule is C=CC(=O)OC(C)C(=O)OC1COCCCCO1. The second kappa shape index (κ2) is 7.84. The van der Waals surface area contributed by atoms with Crippen molar-refractivity contribution in [2.24, 2.45) is 0 Å². The Hall–Kier alpha value is -1.40. The van der Waals surface area contributed by atoms with E-state index in [0.29, 0.717) is 13.2 Å². The molecule has 0 spiro atoms. The lowest BCUT2D eigenvalue weighted by Gasteiger charge is -2.22. The highest BCUT2D eigenvalue weighted by Gasteiger charge is 2.23. The zero-order valence-corrected chi connectivity index (χ0v) is 10.4. The van der Waals surface area contributed by atoms with Crippen molar-refractivity contribution in [1.82, 2.24) is 0 Å². The highest BCUT2D eigenvalue weighted by Crippen LogP contribution is 2.07. The Morgan fingerprint density at radius 1 is 1.39 bits per heavy atom. The van der Waals surface area contributed by atoms with Crippen LogP contribution in [0.5, 0.6) is 0 Å². The third-order valence-corrected chi connectivity index (χ3v) is 2.28. The zero-order chi connectivity index (χ0) is 13.4. The second-order valence-corrected chi connectivity index (χ2v) is 3.80. The van der Waals surface area contributed by atoms with E-state index in [0.717, 1.165) is 18.9 Å². The standard InChI is InChI=1S/C12H18O6/c1-3-10(13)17-9(2)12(14)18-11-8-15-6-4-5-7-16-11/h3,9,11H,1,4-8H2,2H3. The van der Waals surface area contributed by atoms with Gasteiger partial charge in [-0.3, -0.25) is 0 Å². The smallest absolute Gasteiger partial charge is 0.349 e. The third kappa shape index (κ3) is 5.29. The summed E-state index contributed by atoms with van der Waals surface area (Å²) in [5.41, 5.74) is 0. The molecule has 1 heterocycles. The van der Waals surface area contributed by atoms with Crippen molar-refractivity contribution in [3.63, 3.8) is 0 Å². The predicted octanol–water partition coefficient (Wildman–Crippen LogP) is 0.800. The average Bonchev–Trinajstić information content (AvgIpc) is 2.31. The van der Waals surface area contributed by atoms with Crippen LogP contribution >= 0.6 is 0 Å². The second-order valence-electron chi connectivity index (χ2n) is 3.80. The fourth-order valence-electron chi connectivity index (χ4n) is 1.31. The molecule has 102 valence electrons. The number of rotatable bonds is 4. The summed E-state index contributed by atoms with van der Waals surface area (Å²) in [5, 5.41) is 0. The minimum absolute atomic E-state index is 0.188. The third-order valence-electron chi connectivity index (χ3n) is 2.28. The molecule has 0 saturated carbocycles. The van der Waals surface area contributed by atoms with Crippen molar-refractivity contribution in [2.75, 3.05) is 19.8 Å². The molecule has 2 atom stereocenters. The molecule has 0 aliphatic carbocycles. The van der Waals surface area contributed by atoms with E-state index >= 15 is 0 Å². The van der Waals surface area contributed by atoms with Crippen LogP contribution in [0, 0.1) is 0 Å². The molecule has 1 rings (SSSR count). The van der Waals surface area contributed by atoms with Crippen LogP contribution in [0.25, 0.3) is 0 Å². The van der Waals surface area contributed by atoms with E-state index in [1.807, 2.05) is 0 Å². The molecule has 1 saturated heterocycles. The van der Waals surface area contributed by atoms with Gasteiger partial charge in [0.2, 0.25) is 6.29 Å². The molecule has 6 nitrogen and oxygen atoms in total. The molecule has 1 fully saturated rings. The summed E-state index contributed by atoms with van der Waals surface area (Å²) in [7, 11) is 0. The molecule has 0 bridgehead atoms. The summed E-state index contributed by atoms with van der Waals surface area (Å²) >= 11 is 0. The summed E-state index contributed by atoms with van der Waals surface area (Å²) in [6.45, 7) is 5.99. The Kier molecular flexibility index (Phi) is 6.38. The van der Waals surface area contributed by atoms with Crippen molar-refractivity contribution < 1.29 is 28.5 Å². The summed E-state index contributed by atoms with van der Waals surface area (Å²) in [5.74, 6) is -1.34. The van der Waals surface area contributed by atoms with Crippen molar-refractivity contribution in [2.45, 2.75) is 32.2 Å². The first-order valence-electron chi connectivity index (χ1n) is 5.86. The Morgan fingerprint density at radius 3 is 2.83 bits per heavy atom. The van der Waals surface area contributed by atoms with Gasteiger partial charge in [-0.05, 0) is 19.8 Å². The Bertz CT molecular complexity index is 293. The van der Waals surface area contributed by atoms with Crippen molar-refractivity contribution >= 4 is 11.9 Å². The maximum absolute atomic E-state index is 11.6. The van der Waals surface area contributed by atoms with Gasteiger partial charge in [0, 0.05) is 12.7 Å². The molecule has 0 N–H and O–H groups in total. The molecule has 0 aromatic rings. The number of carbonyl (C=O) groups is 2. The van der Waals surface area contributed by atoms with E-state index < -0.39 is 24.3 Å². The molecule has 2 unspecified atom stereocenters. The lowest BCUT2D eigenvalue weighted by atomic mass is 10.3. The number of hydrogen-bond acceptors (Lipinski definition) is 6. The van der Waals surface area contributed by atoms with Crippen LogP contribution < -0.4 is 0 Å². The summed E-state index contributed by atoms with van der Waals surface area (Å²) in [6, 6.07) is 0. The number of carbonyl (C=O) groups excluding carboxylic acids is 2. The van der Waals surface area contributed by atoms with Crippen LogP contribution in [-0.4, -0.2) is 44.2 Å². The zero-order valence-electron chi connectivity index (χ0n) is 10.4. The van der Waals surface area contributed by atoms with E-state index in [9.17, 15) is 9.59 Å². The number of ether oxygens (including phenoxy) is 4. The molecular weight excluding hydrogens is 240 g/mol. The molecule has 1 aliphatic heterocycles.